The minimum Gasteiger partial charge on any atom is -0.496 e. The van der Waals surface area contributed by atoms with Gasteiger partial charge in [0.1, 0.15) is 17.4 Å². The SMILES string of the molecule is COc1cc(F)ccc1CNC(C)c1n[nH]c(C)n1. The summed E-state index contributed by atoms with van der Waals surface area (Å²) in [7, 11) is 1.53. The maximum atomic E-state index is 13.1. The lowest BCUT2D eigenvalue weighted by molar-refractivity contribution is 0.402. The highest BCUT2D eigenvalue weighted by atomic mass is 19.1. The van der Waals surface area contributed by atoms with Crippen LogP contribution in [0.25, 0.3) is 0 Å². The second kappa shape index (κ2) is 5.79. The maximum absolute atomic E-state index is 13.1. The van der Waals surface area contributed by atoms with Gasteiger partial charge in [0.2, 0.25) is 0 Å². The number of halogens is 1. The first kappa shape index (κ1) is 13.5. The summed E-state index contributed by atoms with van der Waals surface area (Å²) in [4.78, 5) is 4.26. The Morgan fingerprint density at radius 3 is 2.89 bits per heavy atom. The van der Waals surface area contributed by atoms with Crippen molar-refractivity contribution in [1.29, 1.82) is 0 Å². The Morgan fingerprint density at radius 1 is 1.47 bits per heavy atom. The molecule has 0 aliphatic carbocycles. The summed E-state index contributed by atoms with van der Waals surface area (Å²) < 4.78 is 18.2. The number of benzene rings is 1. The van der Waals surface area contributed by atoms with Gasteiger partial charge in [0.25, 0.3) is 0 Å². The van der Waals surface area contributed by atoms with Crippen LogP contribution < -0.4 is 10.1 Å². The van der Waals surface area contributed by atoms with Gasteiger partial charge in [0.15, 0.2) is 5.82 Å². The van der Waals surface area contributed by atoms with Crippen LogP contribution in [-0.4, -0.2) is 22.3 Å². The van der Waals surface area contributed by atoms with Gasteiger partial charge in [-0.05, 0) is 19.9 Å². The third-order valence-electron chi connectivity index (χ3n) is 2.85. The van der Waals surface area contributed by atoms with Crippen molar-refractivity contribution in [3.05, 3.63) is 41.2 Å². The number of aromatic nitrogens is 3. The Hall–Kier alpha value is -1.95. The van der Waals surface area contributed by atoms with Crippen LogP contribution in [0.3, 0.4) is 0 Å². The zero-order valence-corrected chi connectivity index (χ0v) is 11.2. The number of methoxy groups -OCH3 is 1. The fourth-order valence-electron chi connectivity index (χ4n) is 1.77. The van der Waals surface area contributed by atoms with Crippen LogP contribution in [0.4, 0.5) is 4.39 Å². The summed E-state index contributed by atoms with van der Waals surface area (Å²) in [6.45, 7) is 4.38. The minimum absolute atomic E-state index is 0.000269. The molecule has 0 radical (unpaired) electrons. The monoisotopic (exact) mass is 264 g/mol. The van der Waals surface area contributed by atoms with Gasteiger partial charge in [-0.3, -0.25) is 5.10 Å². The first-order chi connectivity index (χ1) is 9.10. The first-order valence-corrected chi connectivity index (χ1v) is 6.05. The molecule has 5 nitrogen and oxygen atoms in total. The van der Waals surface area contributed by atoms with Gasteiger partial charge in [0, 0.05) is 18.2 Å². The third-order valence-corrected chi connectivity index (χ3v) is 2.85. The number of ether oxygens (including phenoxy) is 1. The number of nitrogens with one attached hydrogen (secondary N) is 2. The van der Waals surface area contributed by atoms with Crippen molar-refractivity contribution in [1.82, 2.24) is 20.5 Å². The lowest BCUT2D eigenvalue weighted by atomic mass is 10.2. The molecule has 0 bridgehead atoms. The predicted molar refractivity (Wildman–Crippen MR) is 69.3 cm³/mol. The van der Waals surface area contributed by atoms with Crippen molar-refractivity contribution >= 4 is 0 Å². The topological polar surface area (TPSA) is 62.8 Å². The van der Waals surface area contributed by atoms with Gasteiger partial charge in [-0.15, -0.1) is 0 Å². The fourth-order valence-corrected chi connectivity index (χ4v) is 1.77. The van der Waals surface area contributed by atoms with Crippen LogP contribution in [0.1, 0.15) is 30.2 Å². The summed E-state index contributed by atoms with van der Waals surface area (Å²) in [5.74, 6) is 1.71. The molecule has 0 saturated heterocycles. The van der Waals surface area contributed by atoms with Crippen molar-refractivity contribution in [3.63, 3.8) is 0 Å². The quantitative estimate of drug-likeness (QED) is 0.868. The highest BCUT2D eigenvalue weighted by Gasteiger charge is 2.11. The molecule has 0 amide bonds. The molecule has 1 heterocycles. The Labute approximate surface area is 111 Å². The van der Waals surface area contributed by atoms with Crippen molar-refractivity contribution in [3.8, 4) is 5.75 Å². The number of rotatable bonds is 5. The summed E-state index contributed by atoms with van der Waals surface area (Å²) >= 11 is 0. The summed E-state index contributed by atoms with van der Waals surface area (Å²) in [6, 6.07) is 4.50. The van der Waals surface area contributed by atoms with Crippen molar-refractivity contribution < 1.29 is 9.13 Å². The molecule has 0 fully saturated rings. The van der Waals surface area contributed by atoms with Crippen LogP contribution >= 0.6 is 0 Å². The van der Waals surface area contributed by atoms with E-state index in [9.17, 15) is 4.39 Å². The molecule has 0 aliphatic rings. The van der Waals surface area contributed by atoms with Gasteiger partial charge in [-0.25, -0.2) is 9.37 Å². The van der Waals surface area contributed by atoms with Gasteiger partial charge >= 0.3 is 0 Å². The van der Waals surface area contributed by atoms with E-state index in [1.165, 1.54) is 19.2 Å². The molecule has 0 aliphatic heterocycles. The normalized spacial score (nSPS) is 12.4. The molecule has 1 aromatic heterocycles. The Balaban J connectivity index is 2.02. The molecular formula is C13H17FN4O. The van der Waals surface area contributed by atoms with E-state index in [2.05, 4.69) is 20.5 Å². The largest absolute Gasteiger partial charge is 0.496 e. The average Bonchev–Trinajstić information content (AvgIpc) is 2.83. The Bertz CT molecular complexity index is 555. The number of aromatic amines is 1. The second-order valence-corrected chi connectivity index (χ2v) is 4.34. The Kier molecular flexibility index (Phi) is 4.11. The van der Waals surface area contributed by atoms with Crippen LogP contribution in [-0.2, 0) is 6.54 Å². The van der Waals surface area contributed by atoms with Crippen LogP contribution in [0.2, 0.25) is 0 Å². The Morgan fingerprint density at radius 2 is 2.26 bits per heavy atom. The molecule has 19 heavy (non-hydrogen) atoms. The third kappa shape index (κ3) is 3.29. The standard InChI is InChI=1S/C13H17FN4O/c1-8(13-16-9(2)17-18-13)15-7-10-4-5-11(14)6-12(10)19-3/h4-6,8,15H,7H2,1-3H3,(H,16,17,18). The molecule has 1 atom stereocenters. The van der Waals surface area contributed by atoms with Crippen molar-refractivity contribution in [2.75, 3.05) is 7.11 Å². The smallest absolute Gasteiger partial charge is 0.167 e. The predicted octanol–water partition coefficient (Wildman–Crippen LogP) is 2.11. The minimum atomic E-state index is -0.307. The van der Waals surface area contributed by atoms with Gasteiger partial charge in [0.05, 0.1) is 13.2 Å². The van der Waals surface area contributed by atoms with Gasteiger partial charge in [-0.1, -0.05) is 6.07 Å². The molecular weight excluding hydrogens is 247 g/mol. The van der Waals surface area contributed by atoms with E-state index < -0.39 is 0 Å². The summed E-state index contributed by atoms with van der Waals surface area (Å²) in [6.07, 6.45) is 0. The van der Waals surface area contributed by atoms with Crippen molar-refractivity contribution in [2.45, 2.75) is 26.4 Å². The second-order valence-electron chi connectivity index (χ2n) is 4.34. The number of hydrogen-bond acceptors (Lipinski definition) is 4. The van der Waals surface area contributed by atoms with Crippen LogP contribution in [0, 0.1) is 12.7 Å². The molecule has 102 valence electrons. The summed E-state index contributed by atoms with van der Waals surface area (Å²) in [5.41, 5.74) is 0.892. The molecule has 2 rings (SSSR count). The first-order valence-electron chi connectivity index (χ1n) is 6.05. The van der Waals surface area contributed by atoms with E-state index in [0.29, 0.717) is 18.1 Å². The lowest BCUT2D eigenvalue weighted by Gasteiger charge is -2.13. The maximum Gasteiger partial charge on any atom is 0.167 e. The van der Waals surface area contributed by atoms with Gasteiger partial charge < -0.3 is 10.1 Å². The number of aryl methyl sites for hydroxylation is 1. The number of hydrogen-bond donors (Lipinski definition) is 2. The van der Waals surface area contributed by atoms with E-state index in [-0.39, 0.29) is 11.9 Å². The van der Waals surface area contributed by atoms with E-state index in [1.807, 2.05) is 13.8 Å². The highest BCUT2D eigenvalue weighted by molar-refractivity contribution is 5.33. The molecule has 2 N–H and O–H groups in total. The molecule has 1 aromatic carbocycles. The van der Waals surface area contributed by atoms with E-state index >= 15 is 0 Å². The lowest BCUT2D eigenvalue weighted by Crippen LogP contribution is -2.19. The zero-order valence-electron chi connectivity index (χ0n) is 11.2. The van der Waals surface area contributed by atoms with E-state index in [1.54, 1.807) is 6.07 Å². The summed E-state index contributed by atoms with van der Waals surface area (Å²) in [5, 5.41) is 10.2. The number of nitrogens with zero attached hydrogens (tertiary/aromatic N) is 2. The average molecular weight is 264 g/mol. The van der Waals surface area contributed by atoms with Crippen LogP contribution in [0.5, 0.6) is 5.75 Å². The van der Waals surface area contributed by atoms with E-state index in [4.69, 9.17) is 4.74 Å². The fraction of sp³-hybridized carbons (Fsp3) is 0.385. The highest BCUT2D eigenvalue weighted by Crippen LogP contribution is 2.20. The molecule has 6 heteroatoms. The zero-order chi connectivity index (χ0) is 13.8. The molecule has 2 aromatic rings. The van der Waals surface area contributed by atoms with Crippen molar-refractivity contribution in [2.24, 2.45) is 0 Å². The molecule has 0 saturated carbocycles. The van der Waals surface area contributed by atoms with Gasteiger partial charge in [-0.2, -0.15) is 5.10 Å². The molecule has 1 unspecified atom stereocenters. The van der Waals surface area contributed by atoms with Crippen LogP contribution in [0.15, 0.2) is 18.2 Å². The van der Waals surface area contributed by atoms with E-state index in [0.717, 1.165) is 11.4 Å². The number of H-pyrrole nitrogens is 1. The molecule has 0 spiro atoms.